The maximum atomic E-state index is 13.0. The number of carbonyl (C=O) groups is 2. The number of allylic oxidation sites excluding steroid dienone is 2. The van der Waals surface area contributed by atoms with Crippen LogP contribution in [0.3, 0.4) is 0 Å². The second-order valence-corrected chi connectivity index (χ2v) is 14.7. The van der Waals surface area contributed by atoms with Gasteiger partial charge in [-0.05, 0) is 51.4 Å². The predicted octanol–water partition coefficient (Wildman–Crippen LogP) is 11.8. The molecular formula is C43H83NO5. The summed E-state index contributed by atoms with van der Waals surface area (Å²) in [5.41, 5.74) is 0. The first-order valence-electron chi connectivity index (χ1n) is 21.4. The largest absolute Gasteiger partial charge is 0.462 e. The fourth-order valence-corrected chi connectivity index (χ4v) is 6.54. The molecule has 290 valence electrons. The zero-order chi connectivity index (χ0) is 36.0. The smallest absolute Gasteiger partial charge is 0.306 e. The molecule has 0 aromatic carbocycles. The lowest BCUT2D eigenvalue weighted by Crippen LogP contribution is -2.46. The van der Waals surface area contributed by atoms with Gasteiger partial charge < -0.3 is 20.3 Å². The number of aliphatic hydroxyl groups excluding tert-OH is 2. The molecule has 0 aliphatic heterocycles. The molecule has 6 heteroatoms. The molecule has 0 aliphatic rings. The summed E-state index contributed by atoms with van der Waals surface area (Å²) >= 11 is 0. The summed E-state index contributed by atoms with van der Waals surface area (Å²) in [7, 11) is 0. The average Bonchev–Trinajstić information content (AvgIpc) is 3.09. The Morgan fingerprint density at radius 3 is 1.49 bits per heavy atom. The summed E-state index contributed by atoms with van der Waals surface area (Å²) in [5, 5.41) is 23.5. The van der Waals surface area contributed by atoms with E-state index in [0.29, 0.717) is 19.3 Å². The average molecular weight is 694 g/mol. The van der Waals surface area contributed by atoms with Gasteiger partial charge >= 0.3 is 5.97 Å². The van der Waals surface area contributed by atoms with Crippen molar-refractivity contribution in [3.63, 3.8) is 0 Å². The number of ether oxygens (including phenoxy) is 1. The van der Waals surface area contributed by atoms with Crippen LogP contribution in [0.2, 0.25) is 0 Å². The zero-order valence-electron chi connectivity index (χ0n) is 32.8. The maximum Gasteiger partial charge on any atom is 0.306 e. The van der Waals surface area contributed by atoms with Gasteiger partial charge in [0.2, 0.25) is 5.91 Å². The molecule has 0 rings (SSSR count). The summed E-state index contributed by atoms with van der Waals surface area (Å²) < 4.78 is 5.87. The van der Waals surface area contributed by atoms with Crippen molar-refractivity contribution in [3.8, 4) is 0 Å². The molecule has 0 saturated carbocycles. The summed E-state index contributed by atoms with van der Waals surface area (Å²) in [6, 6.07) is -0.696. The third-order valence-corrected chi connectivity index (χ3v) is 9.84. The van der Waals surface area contributed by atoms with E-state index >= 15 is 0 Å². The highest BCUT2D eigenvalue weighted by molar-refractivity contribution is 5.77. The Balaban J connectivity index is 4.59. The van der Waals surface area contributed by atoms with Gasteiger partial charge in [0.1, 0.15) is 6.10 Å². The summed E-state index contributed by atoms with van der Waals surface area (Å²) in [6.07, 6.45) is 38.4. The van der Waals surface area contributed by atoms with Gasteiger partial charge in [-0.2, -0.15) is 0 Å². The Kier molecular flexibility index (Phi) is 36.8. The molecule has 0 saturated heterocycles. The monoisotopic (exact) mass is 694 g/mol. The number of rotatable bonds is 38. The maximum absolute atomic E-state index is 13.0. The summed E-state index contributed by atoms with van der Waals surface area (Å²) in [5.74, 6) is -0.486. The standard InChI is InChI=1S/C43H83NO5/c1-4-7-10-13-16-19-21-24-27-30-33-36-43(48)49-39(34-31-28-25-23-20-17-14-11-8-5-2)37-42(47)44-40(38-45)41(46)35-32-29-26-22-18-15-12-9-6-3/h17,20,39-41,45-46H,4-16,18-19,21-38H2,1-3H3,(H,44,47)/b20-17-. The van der Waals surface area contributed by atoms with Crippen LogP contribution in [-0.2, 0) is 14.3 Å². The molecule has 3 unspecified atom stereocenters. The van der Waals surface area contributed by atoms with E-state index in [2.05, 4.69) is 38.2 Å². The number of nitrogens with one attached hydrogen (secondary N) is 1. The molecule has 0 aliphatic carbocycles. The number of hydrogen-bond donors (Lipinski definition) is 3. The molecule has 3 atom stereocenters. The van der Waals surface area contributed by atoms with Crippen molar-refractivity contribution in [2.24, 2.45) is 0 Å². The van der Waals surface area contributed by atoms with E-state index in [4.69, 9.17) is 4.74 Å². The van der Waals surface area contributed by atoms with Crippen LogP contribution in [0, 0.1) is 0 Å². The van der Waals surface area contributed by atoms with Crippen molar-refractivity contribution in [1.29, 1.82) is 0 Å². The second-order valence-electron chi connectivity index (χ2n) is 14.7. The Labute approximate surface area is 304 Å². The topological polar surface area (TPSA) is 95.9 Å². The Morgan fingerprint density at radius 2 is 0.980 bits per heavy atom. The van der Waals surface area contributed by atoms with E-state index < -0.39 is 18.2 Å². The van der Waals surface area contributed by atoms with Gasteiger partial charge in [-0.3, -0.25) is 9.59 Å². The highest BCUT2D eigenvalue weighted by Crippen LogP contribution is 2.17. The number of amides is 1. The third kappa shape index (κ3) is 33.5. The van der Waals surface area contributed by atoms with E-state index in [0.717, 1.165) is 70.6 Å². The van der Waals surface area contributed by atoms with Crippen molar-refractivity contribution >= 4 is 11.9 Å². The van der Waals surface area contributed by atoms with Gasteiger partial charge in [0.25, 0.3) is 0 Å². The molecular weight excluding hydrogens is 610 g/mol. The fourth-order valence-electron chi connectivity index (χ4n) is 6.54. The Bertz CT molecular complexity index is 742. The summed E-state index contributed by atoms with van der Waals surface area (Å²) in [4.78, 5) is 25.8. The van der Waals surface area contributed by atoms with Crippen LogP contribution in [-0.4, -0.2) is 46.9 Å². The minimum atomic E-state index is -0.782. The number of carbonyl (C=O) groups excluding carboxylic acids is 2. The van der Waals surface area contributed by atoms with Gasteiger partial charge in [-0.25, -0.2) is 0 Å². The SMILES string of the molecule is CCCCC/C=C\CCCCCC(CC(=O)NC(CO)C(O)CCCCCCCCCCC)OC(=O)CCCCCCCCCCCCC. The van der Waals surface area contributed by atoms with Gasteiger partial charge in [0, 0.05) is 6.42 Å². The number of hydrogen-bond acceptors (Lipinski definition) is 5. The molecule has 0 aromatic rings. The van der Waals surface area contributed by atoms with Crippen molar-refractivity contribution in [2.45, 2.75) is 244 Å². The summed E-state index contributed by atoms with van der Waals surface area (Å²) in [6.45, 7) is 6.41. The number of unbranched alkanes of at least 4 members (excludes halogenated alkanes) is 24. The normalized spacial score (nSPS) is 13.5. The first-order chi connectivity index (χ1) is 24.0. The van der Waals surface area contributed by atoms with Crippen molar-refractivity contribution < 1.29 is 24.5 Å². The van der Waals surface area contributed by atoms with E-state index in [1.165, 1.54) is 109 Å². The number of aliphatic hydroxyl groups is 2. The van der Waals surface area contributed by atoms with Gasteiger partial charge in [0.15, 0.2) is 0 Å². The Hall–Kier alpha value is -1.40. The van der Waals surface area contributed by atoms with E-state index in [-0.39, 0.29) is 24.9 Å². The highest BCUT2D eigenvalue weighted by atomic mass is 16.5. The molecule has 0 fully saturated rings. The van der Waals surface area contributed by atoms with Gasteiger partial charge in [0.05, 0.1) is 25.2 Å². The number of esters is 1. The van der Waals surface area contributed by atoms with E-state index in [9.17, 15) is 19.8 Å². The Morgan fingerprint density at radius 1 is 0.571 bits per heavy atom. The minimum absolute atomic E-state index is 0.0720. The van der Waals surface area contributed by atoms with E-state index in [1.807, 2.05) is 0 Å². The molecule has 6 nitrogen and oxygen atoms in total. The van der Waals surface area contributed by atoms with Gasteiger partial charge in [-0.15, -0.1) is 0 Å². The molecule has 0 radical (unpaired) electrons. The van der Waals surface area contributed by atoms with Crippen LogP contribution in [0.1, 0.15) is 226 Å². The van der Waals surface area contributed by atoms with Gasteiger partial charge in [-0.1, -0.05) is 174 Å². The van der Waals surface area contributed by atoms with Crippen LogP contribution >= 0.6 is 0 Å². The first-order valence-corrected chi connectivity index (χ1v) is 21.4. The van der Waals surface area contributed by atoms with Crippen molar-refractivity contribution in [3.05, 3.63) is 12.2 Å². The zero-order valence-corrected chi connectivity index (χ0v) is 32.8. The second kappa shape index (κ2) is 37.8. The molecule has 1 amide bonds. The van der Waals surface area contributed by atoms with Crippen LogP contribution < -0.4 is 5.32 Å². The van der Waals surface area contributed by atoms with E-state index in [1.54, 1.807) is 0 Å². The molecule has 0 aromatic heterocycles. The fraction of sp³-hybridized carbons (Fsp3) is 0.907. The lowest BCUT2D eigenvalue weighted by atomic mass is 10.0. The lowest BCUT2D eigenvalue weighted by molar-refractivity contribution is -0.151. The predicted molar refractivity (Wildman–Crippen MR) is 209 cm³/mol. The molecule has 3 N–H and O–H groups in total. The molecule has 0 spiro atoms. The van der Waals surface area contributed by atoms with Crippen LogP contribution in [0.5, 0.6) is 0 Å². The highest BCUT2D eigenvalue weighted by Gasteiger charge is 2.24. The third-order valence-electron chi connectivity index (χ3n) is 9.84. The van der Waals surface area contributed by atoms with Crippen LogP contribution in [0.4, 0.5) is 0 Å². The van der Waals surface area contributed by atoms with Crippen molar-refractivity contribution in [2.75, 3.05) is 6.61 Å². The molecule has 0 bridgehead atoms. The minimum Gasteiger partial charge on any atom is -0.462 e. The van der Waals surface area contributed by atoms with Crippen molar-refractivity contribution in [1.82, 2.24) is 5.32 Å². The molecule has 0 heterocycles. The molecule has 49 heavy (non-hydrogen) atoms. The first kappa shape index (κ1) is 47.6. The quantitative estimate of drug-likeness (QED) is 0.0340. The van der Waals surface area contributed by atoms with Crippen LogP contribution in [0.15, 0.2) is 12.2 Å². The van der Waals surface area contributed by atoms with Crippen LogP contribution in [0.25, 0.3) is 0 Å². The lowest BCUT2D eigenvalue weighted by Gasteiger charge is -2.24.